The maximum Gasteiger partial charge on any atom is 0.344 e. The smallest absolute Gasteiger partial charge is 0.344 e. The molecule has 0 aliphatic rings. The molecule has 0 spiro atoms. The summed E-state index contributed by atoms with van der Waals surface area (Å²) in [6.07, 6.45) is -1.61. The van der Waals surface area contributed by atoms with Crippen molar-refractivity contribution >= 4 is 40.7 Å². The van der Waals surface area contributed by atoms with Crippen LogP contribution in [0.3, 0.4) is 0 Å². The third-order valence-electron chi connectivity index (χ3n) is 3.57. The first-order valence-corrected chi connectivity index (χ1v) is 9.35. The Bertz CT molecular complexity index is 994. The Kier molecular flexibility index (Phi) is 8.20. The van der Waals surface area contributed by atoms with Crippen LogP contribution >= 0.6 is 11.6 Å². The van der Waals surface area contributed by atoms with Gasteiger partial charge in [0.25, 0.3) is 0 Å². The molecule has 30 heavy (non-hydrogen) atoms. The fourth-order valence-electron chi connectivity index (χ4n) is 2.18. The number of carbonyl (C=O) groups excluding carboxylic acids is 3. The van der Waals surface area contributed by atoms with Gasteiger partial charge in [-0.15, -0.1) is 0 Å². The van der Waals surface area contributed by atoms with E-state index in [0.29, 0.717) is 5.02 Å². The Morgan fingerprint density at radius 2 is 1.83 bits per heavy atom. The van der Waals surface area contributed by atoms with Crippen molar-refractivity contribution in [3.63, 3.8) is 0 Å². The quantitative estimate of drug-likeness (QED) is 0.352. The molecule has 2 bridgehead atoms. The van der Waals surface area contributed by atoms with Gasteiger partial charge in [0.2, 0.25) is 6.29 Å². The van der Waals surface area contributed by atoms with E-state index in [9.17, 15) is 19.5 Å². The minimum Gasteiger partial charge on any atom is -0.459 e. The molecule has 3 rings (SSSR count). The number of esters is 3. The highest BCUT2D eigenvalue weighted by Gasteiger charge is 2.20. The first kappa shape index (κ1) is 23.2. The molecule has 2 aromatic heterocycles. The average Bonchev–Trinajstić information content (AvgIpc) is 3.28. The maximum absolute atomic E-state index is 11.9. The zero-order valence-electron chi connectivity index (χ0n) is 16.6. The number of aliphatic hydroxyl groups excluding tert-OH is 1. The van der Waals surface area contributed by atoms with Crippen molar-refractivity contribution in [2.24, 2.45) is 5.92 Å². The molecule has 8 nitrogen and oxygen atoms in total. The third kappa shape index (κ3) is 6.75. The Hall–Kier alpha value is -3.10. The van der Waals surface area contributed by atoms with Gasteiger partial charge in [0.05, 0.1) is 10.9 Å². The van der Waals surface area contributed by atoms with Crippen molar-refractivity contribution in [3.05, 3.63) is 53.1 Å². The molecule has 160 valence electrons. The van der Waals surface area contributed by atoms with Crippen LogP contribution in [0.15, 0.2) is 46.9 Å². The number of rotatable bonds is 6. The number of hydrogen-bond acceptors (Lipinski definition) is 8. The van der Waals surface area contributed by atoms with Crippen molar-refractivity contribution in [2.75, 3.05) is 6.61 Å². The molecule has 1 N–H and O–H groups in total. The van der Waals surface area contributed by atoms with Crippen LogP contribution in [0.2, 0.25) is 5.02 Å². The molecular weight excluding hydrogens is 416 g/mol. The standard InChI is InChI=1S/C15H18O7.C6H3ClO/c1-9(2)14(18)20-8-13(17)22-15(19)11-6-4-5-7-12(11)21-10(3)16;7-5-3-4-1-2-6(5)8-4/h4-7,9,13,17H,8H2,1-3H3;1-3H. The second-order valence-electron chi connectivity index (χ2n) is 6.43. The van der Waals surface area contributed by atoms with Gasteiger partial charge in [-0.2, -0.15) is 0 Å². The molecule has 3 aromatic rings. The fourth-order valence-corrected chi connectivity index (χ4v) is 2.38. The van der Waals surface area contributed by atoms with Crippen LogP contribution in [0.4, 0.5) is 0 Å². The zero-order chi connectivity index (χ0) is 22.3. The SMILES string of the molecule is CC(=O)Oc1ccccc1C(=O)OC(O)COC(=O)C(C)C.Clc1cc2ccc1o2. The topological polar surface area (TPSA) is 112 Å². The summed E-state index contributed by atoms with van der Waals surface area (Å²) in [6, 6.07) is 11.5. The average molecular weight is 437 g/mol. The van der Waals surface area contributed by atoms with E-state index >= 15 is 0 Å². The van der Waals surface area contributed by atoms with Crippen molar-refractivity contribution in [1.29, 1.82) is 0 Å². The number of aliphatic hydroxyl groups is 1. The van der Waals surface area contributed by atoms with E-state index < -0.39 is 30.8 Å². The predicted molar refractivity (Wildman–Crippen MR) is 107 cm³/mol. The third-order valence-corrected chi connectivity index (χ3v) is 3.87. The number of hydrogen-bond donors (Lipinski definition) is 1. The normalized spacial score (nSPS) is 11.5. The van der Waals surface area contributed by atoms with Crippen LogP contribution < -0.4 is 4.74 Å². The molecule has 0 aliphatic carbocycles. The number of carbonyl (C=O) groups is 3. The van der Waals surface area contributed by atoms with Crippen molar-refractivity contribution in [2.45, 2.75) is 27.1 Å². The number of ether oxygens (including phenoxy) is 3. The highest BCUT2D eigenvalue weighted by atomic mass is 35.5. The molecule has 0 aliphatic heterocycles. The largest absolute Gasteiger partial charge is 0.459 e. The van der Waals surface area contributed by atoms with E-state index in [2.05, 4.69) is 0 Å². The summed E-state index contributed by atoms with van der Waals surface area (Å²) in [5.74, 6) is -2.34. The number of halogens is 1. The molecular formula is C21H21ClO8. The van der Waals surface area contributed by atoms with Crippen molar-refractivity contribution in [3.8, 4) is 5.75 Å². The van der Waals surface area contributed by atoms with E-state index in [1.165, 1.54) is 19.1 Å². The summed E-state index contributed by atoms with van der Waals surface area (Å²) in [5, 5.41) is 10.3. The molecule has 0 radical (unpaired) electrons. The number of furan rings is 2. The van der Waals surface area contributed by atoms with E-state index in [1.807, 2.05) is 12.1 Å². The van der Waals surface area contributed by atoms with E-state index in [4.69, 9.17) is 30.2 Å². The van der Waals surface area contributed by atoms with E-state index in [0.717, 1.165) is 11.2 Å². The summed E-state index contributed by atoms with van der Waals surface area (Å²) in [6.45, 7) is 3.99. The first-order chi connectivity index (χ1) is 14.2. The van der Waals surface area contributed by atoms with Crippen molar-refractivity contribution < 1.29 is 38.1 Å². The molecule has 1 aromatic carbocycles. The Morgan fingerprint density at radius 3 is 2.33 bits per heavy atom. The Balaban J connectivity index is 0.000000326. The van der Waals surface area contributed by atoms with Crippen molar-refractivity contribution in [1.82, 2.24) is 0 Å². The number of benzene rings is 2. The summed E-state index contributed by atoms with van der Waals surface area (Å²) >= 11 is 5.64. The molecule has 0 saturated carbocycles. The minimum atomic E-state index is -1.61. The number of fused-ring (bicyclic) bond motifs is 2. The summed E-state index contributed by atoms with van der Waals surface area (Å²) in [7, 11) is 0. The van der Waals surface area contributed by atoms with Gasteiger partial charge in [0.1, 0.15) is 22.5 Å². The summed E-state index contributed by atoms with van der Waals surface area (Å²) in [5.41, 5.74) is 1.61. The van der Waals surface area contributed by atoms with E-state index in [1.54, 1.807) is 32.0 Å². The second-order valence-corrected chi connectivity index (χ2v) is 6.84. The Labute approximate surface area is 177 Å². The van der Waals surface area contributed by atoms with Crippen LogP contribution in [0, 0.1) is 5.92 Å². The molecule has 0 amide bonds. The summed E-state index contributed by atoms with van der Waals surface area (Å²) in [4.78, 5) is 34.1. The maximum atomic E-state index is 11.9. The van der Waals surface area contributed by atoms with Gasteiger partial charge < -0.3 is 23.7 Å². The first-order valence-electron chi connectivity index (χ1n) is 8.98. The lowest BCUT2D eigenvalue weighted by Gasteiger charge is -2.14. The monoisotopic (exact) mass is 436 g/mol. The zero-order valence-corrected chi connectivity index (χ0v) is 17.3. The van der Waals surface area contributed by atoms with Crippen LogP contribution in [-0.4, -0.2) is 35.9 Å². The fraction of sp³-hybridized carbons (Fsp3) is 0.286. The second kappa shape index (κ2) is 10.6. The molecule has 0 fully saturated rings. The van der Waals surface area contributed by atoms with Gasteiger partial charge in [-0.3, -0.25) is 9.59 Å². The molecule has 9 heteroatoms. The van der Waals surface area contributed by atoms with E-state index in [-0.39, 0.29) is 17.2 Å². The molecule has 1 unspecified atom stereocenters. The van der Waals surface area contributed by atoms with Gasteiger partial charge in [-0.05, 0) is 24.3 Å². The molecule has 1 atom stereocenters. The Morgan fingerprint density at radius 1 is 1.13 bits per heavy atom. The lowest BCUT2D eigenvalue weighted by molar-refractivity contribution is -0.160. The highest BCUT2D eigenvalue weighted by molar-refractivity contribution is 6.34. The van der Waals surface area contributed by atoms with Gasteiger partial charge in [-0.25, -0.2) is 4.79 Å². The lowest BCUT2D eigenvalue weighted by Crippen LogP contribution is -2.26. The van der Waals surface area contributed by atoms with Crippen LogP contribution in [0.25, 0.3) is 11.2 Å². The summed E-state index contributed by atoms with van der Waals surface area (Å²) < 4.78 is 19.4. The van der Waals surface area contributed by atoms with Gasteiger partial charge in [0, 0.05) is 13.0 Å². The van der Waals surface area contributed by atoms with Crippen LogP contribution in [0.1, 0.15) is 31.1 Å². The van der Waals surface area contributed by atoms with Gasteiger partial charge >= 0.3 is 17.9 Å². The van der Waals surface area contributed by atoms with Gasteiger partial charge in [0.15, 0.2) is 6.61 Å². The molecule has 0 saturated heterocycles. The molecule has 2 heterocycles. The lowest BCUT2D eigenvalue weighted by atomic mass is 10.2. The highest BCUT2D eigenvalue weighted by Crippen LogP contribution is 2.25. The van der Waals surface area contributed by atoms with Gasteiger partial charge in [-0.1, -0.05) is 37.6 Å². The predicted octanol–water partition coefficient (Wildman–Crippen LogP) is 3.81. The van der Waals surface area contributed by atoms with Crippen LogP contribution in [-0.2, 0) is 19.1 Å². The van der Waals surface area contributed by atoms with Crippen LogP contribution in [0.5, 0.6) is 5.75 Å². The minimum absolute atomic E-state index is 0.0198. The number of para-hydroxylation sites is 1.